The monoisotopic (exact) mass is 482 g/mol. The molecular formula is C28H30N6O2. The number of hydrogen-bond acceptors (Lipinski definition) is 7. The molecule has 5 rings (SSSR count). The Bertz CT molecular complexity index is 1450. The highest BCUT2D eigenvalue weighted by atomic mass is 16.5. The van der Waals surface area contributed by atoms with Crippen LogP contribution in [0.4, 0.5) is 5.95 Å². The molecule has 5 aromatic rings. The number of ether oxygens (including phenoxy) is 2. The van der Waals surface area contributed by atoms with Crippen LogP contribution >= 0.6 is 0 Å². The second-order valence-electron chi connectivity index (χ2n) is 8.70. The van der Waals surface area contributed by atoms with Gasteiger partial charge < -0.3 is 19.7 Å². The molecule has 36 heavy (non-hydrogen) atoms. The van der Waals surface area contributed by atoms with Crippen LogP contribution in [0.5, 0.6) is 11.5 Å². The molecule has 0 spiro atoms. The average Bonchev–Trinajstić information content (AvgIpc) is 3.37. The van der Waals surface area contributed by atoms with Crippen molar-refractivity contribution >= 4 is 22.5 Å². The standard InChI is InChI=1S/C28H30N6O2/c1-33(19-20-11-6-4-7-12-20)16-10-15-29-28-30-23-18-25(36-3)24(35-2)17-22(23)27-31-26(32-34(27)28)21-13-8-5-9-14-21/h4-9,11-14,17-18H,10,15-16,19H2,1-3H3,(H,29,30). The zero-order valence-electron chi connectivity index (χ0n) is 20.8. The molecule has 0 atom stereocenters. The van der Waals surface area contributed by atoms with Crippen molar-refractivity contribution < 1.29 is 9.47 Å². The fraction of sp³-hybridized carbons (Fsp3) is 0.250. The van der Waals surface area contributed by atoms with Crippen LogP contribution in [-0.4, -0.2) is 58.8 Å². The SMILES string of the molecule is COc1cc2nc(NCCCN(C)Cc3ccccc3)n3nc(-c4ccccc4)nc3c2cc1OC. The predicted octanol–water partition coefficient (Wildman–Crippen LogP) is 4.90. The topological polar surface area (TPSA) is 76.8 Å². The van der Waals surface area contributed by atoms with Gasteiger partial charge in [0.1, 0.15) is 0 Å². The summed E-state index contributed by atoms with van der Waals surface area (Å²) in [6, 6.07) is 24.2. The molecule has 0 unspecified atom stereocenters. The molecule has 0 amide bonds. The molecule has 1 N–H and O–H groups in total. The second kappa shape index (κ2) is 10.6. The molecule has 2 heterocycles. The summed E-state index contributed by atoms with van der Waals surface area (Å²) in [5.74, 6) is 2.54. The molecule has 0 saturated carbocycles. The van der Waals surface area contributed by atoms with Gasteiger partial charge in [0, 0.05) is 30.1 Å². The first kappa shape index (κ1) is 23.6. The van der Waals surface area contributed by atoms with Crippen molar-refractivity contribution in [3.63, 3.8) is 0 Å². The summed E-state index contributed by atoms with van der Waals surface area (Å²) in [5, 5.41) is 9.12. The molecule has 0 radical (unpaired) electrons. The van der Waals surface area contributed by atoms with Crippen molar-refractivity contribution in [1.82, 2.24) is 24.5 Å². The van der Waals surface area contributed by atoms with Crippen LogP contribution in [0, 0.1) is 0 Å². The maximum absolute atomic E-state index is 5.53. The van der Waals surface area contributed by atoms with Crippen LogP contribution in [0.15, 0.2) is 72.8 Å². The Morgan fingerprint density at radius 3 is 2.31 bits per heavy atom. The molecule has 0 aliphatic carbocycles. The zero-order chi connectivity index (χ0) is 24.9. The van der Waals surface area contributed by atoms with E-state index in [1.54, 1.807) is 18.7 Å². The lowest BCUT2D eigenvalue weighted by Gasteiger charge is -2.17. The van der Waals surface area contributed by atoms with E-state index in [0.717, 1.165) is 42.5 Å². The van der Waals surface area contributed by atoms with E-state index in [4.69, 9.17) is 24.5 Å². The van der Waals surface area contributed by atoms with Gasteiger partial charge in [0.2, 0.25) is 5.95 Å². The van der Waals surface area contributed by atoms with E-state index in [1.165, 1.54) is 5.56 Å². The molecule has 184 valence electrons. The molecule has 0 fully saturated rings. The van der Waals surface area contributed by atoms with Gasteiger partial charge in [-0.3, -0.25) is 0 Å². The van der Waals surface area contributed by atoms with Crippen LogP contribution in [0.2, 0.25) is 0 Å². The Kier molecular flexibility index (Phi) is 6.95. The lowest BCUT2D eigenvalue weighted by atomic mass is 10.2. The fourth-order valence-electron chi connectivity index (χ4n) is 4.28. The minimum Gasteiger partial charge on any atom is -0.493 e. The van der Waals surface area contributed by atoms with E-state index >= 15 is 0 Å². The van der Waals surface area contributed by atoms with E-state index in [2.05, 4.69) is 41.5 Å². The first-order chi connectivity index (χ1) is 17.7. The maximum atomic E-state index is 5.53. The molecule has 0 aliphatic rings. The van der Waals surface area contributed by atoms with Gasteiger partial charge in [-0.2, -0.15) is 4.52 Å². The van der Waals surface area contributed by atoms with Crippen LogP contribution in [0.1, 0.15) is 12.0 Å². The second-order valence-corrected chi connectivity index (χ2v) is 8.70. The first-order valence-electron chi connectivity index (χ1n) is 12.0. The summed E-state index contributed by atoms with van der Waals surface area (Å²) < 4.78 is 12.8. The minimum absolute atomic E-state index is 0.623. The summed E-state index contributed by atoms with van der Waals surface area (Å²) in [6.07, 6.45) is 0.955. The molecule has 0 aliphatic heterocycles. The largest absolute Gasteiger partial charge is 0.493 e. The maximum Gasteiger partial charge on any atom is 0.226 e. The zero-order valence-corrected chi connectivity index (χ0v) is 20.8. The Balaban J connectivity index is 1.42. The van der Waals surface area contributed by atoms with Gasteiger partial charge >= 0.3 is 0 Å². The predicted molar refractivity (Wildman–Crippen MR) is 143 cm³/mol. The van der Waals surface area contributed by atoms with Crippen molar-refractivity contribution in [3.8, 4) is 22.9 Å². The van der Waals surface area contributed by atoms with Crippen molar-refractivity contribution in [2.45, 2.75) is 13.0 Å². The van der Waals surface area contributed by atoms with E-state index in [0.29, 0.717) is 28.9 Å². The number of benzene rings is 3. The number of rotatable bonds is 10. The van der Waals surface area contributed by atoms with Crippen LogP contribution in [-0.2, 0) is 6.54 Å². The van der Waals surface area contributed by atoms with Crippen molar-refractivity contribution in [2.24, 2.45) is 0 Å². The van der Waals surface area contributed by atoms with Crippen molar-refractivity contribution in [1.29, 1.82) is 0 Å². The number of methoxy groups -OCH3 is 2. The number of anilines is 1. The van der Waals surface area contributed by atoms with E-state index in [1.807, 2.05) is 48.5 Å². The summed E-state index contributed by atoms with van der Waals surface area (Å²) in [4.78, 5) is 12.1. The summed E-state index contributed by atoms with van der Waals surface area (Å²) in [7, 11) is 5.39. The highest BCUT2D eigenvalue weighted by Gasteiger charge is 2.17. The number of nitrogens with zero attached hydrogens (tertiary/aromatic N) is 5. The number of fused-ring (bicyclic) bond motifs is 3. The van der Waals surface area contributed by atoms with E-state index < -0.39 is 0 Å². The first-order valence-corrected chi connectivity index (χ1v) is 12.0. The normalized spacial score (nSPS) is 11.3. The number of hydrogen-bond donors (Lipinski definition) is 1. The molecule has 0 bridgehead atoms. The Morgan fingerprint density at radius 2 is 1.58 bits per heavy atom. The lowest BCUT2D eigenvalue weighted by molar-refractivity contribution is 0.325. The highest BCUT2D eigenvalue weighted by molar-refractivity contribution is 5.95. The summed E-state index contributed by atoms with van der Waals surface area (Å²) >= 11 is 0. The number of aromatic nitrogens is 4. The van der Waals surface area contributed by atoms with Gasteiger partial charge in [-0.05, 0) is 31.6 Å². The third-order valence-corrected chi connectivity index (χ3v) is 6.10. The minimum atomic E-state index is 0.623. The third kappa shape index (κ3) is 4.94. The molecule has 0 saturated heterocycles. The van der Waals surface area contributed by atoms with Gasteiger partial charge in [0.05, 0.1) is 19.7 Å². The van der Waals surface area contributed by atoms with Gasteiger partial charge in [-0.25, -0.2) is 9.97 Å². The summed E-state index contributed by atoms with van der Waals surface area (Å²) in [6.45, 7) is 2.63. The third-order valence-electron chi connectivity index (χ3n) is 6.10. The number of nitrogens with one attached hydrogen (secondary N) is 1. The lowest BCUT2D eigenvalue weighted by Crippen LogP contribution is -2.21. The molecular weight excluding hydrogens is 452 g/mol. The van der Waals surface area contributed by atoms with Crippen LogP contribution in [0.25, 0.3) is 27.9 Å². The smallest absolute Gasteiger partial charge is 0.226 e. The average molecular weight is 483 g/mol. The highest BCUT2D eigenvalue weighted by Crippen LogP contribution is 2.34. The van der Waals surface area contributed by atoms with Crippen LogP contribution in [0.3, 0.4) is 0 Å². The molecule has 8 nitrogen and oxygen atoms in total. The molecule has 3 aromatic carbocycles. The molecule has 2 aromatic heterocycles. The molecule has 8 heteroatoms. The van der Waals surface area contributed by atoms with E-state index in [-0.39, 0.29) is 0 Å². The summed E-state index contributed by atoms with van der Waals surface area (Å²) in [5.41, 5.74) is 3.73. The fourth-order valence-corrected chi connectivity index (χ4v) is 4.28. The quantitative estimate of drug-likeness (QED) is 0.284. The van der Waals surface area contributed by atoms with E-state index in [9.17, 15) is 0 Å². The van der Waals surface area contributed by atoms with Crippen molar-refractivity contribution in [2.75, 3.05) is 39.7 Å². The van der Waals surface area contributed by atoms with Crippen molar-refractivity contribution in [3.05, 3.63) is 78.4 Å². The Labute approximate surface area is 210 Å². The Hall–Kier alpha value is -4.17. The van der Waals surface area contributed by atoms with Gasteiger partial charge in [0.25, 0.3) is 0 Å². The van der Waals surface area contributed by atoms with Gasteiger partial charge in [-0.15, -0.1) is 5.10 Å². The van der Waals surface area contributed by atoms with Gasteiger partial charge in [0.15, 0.2) is 23.0 Å². The van der Waals surface area contributed by atoms with Crippen LogP contribution < -0.4 is 14.8 Å². The van der Waals surface area contributed by atoms with Gasteiger partial charge in [-0.1, -0.05) is 60.7 Å². The Morgan fingerprint density at radius 1 is 0.889 bits per heavy atom.